The van der Waals surface area contributed by atoms with E-state index in [2.05, 4.69) is 15.6 Å². The monoisotopic (exact) mass is 291 g/mol. The number of amides is 1. The molecule has 1 aromatic heterocycles. The van der Waals surface area contributed by atoms with Crippen molar-refractivity contribution in [3.8, 4) is 5.75 Å². The Labute approximate surface area is 121 Å². The largest absolute Gasteiger partial charge is 0.494 e. The number of nitrogens with zero attached hydrogens (tertiary/aromatic N) is 1. The predicted molar refractivity (Wildman–Crippen MR) is 80.3 cm³/mol. The predicted octanol–water partition coefficient (Wildman–Crippen LogP) is 2.10. The lowest BCUT2D eigenvalue weighted by Crippen LogP contribution is -2.48. The third kappa shape index (κ3) is 2.36. The topological polar surface area (TPSA) is 63.2 Å². The van der Waals surface area contributed by atoms with Crippen molar-refractivity contribution in [2.24, 2.45) is 11.8 Å². The number of benzene rings is 1. The average molecular weight is 291 g/mol. The number of anilines is 1. The summed E-state index contributed by atoms with van der Waals surface area (Å²) in [5.74, 6) is 1.20. The molecule has 1 saturated heterocycles. The van der Waals surface area contributed by atoms with Crippen LogP contribution in [-0.4, -0.2) is 31.1 Å². The van der Waals surface area contributed by atoms with E-state index in [1.54, 1.807) is 7.11 Å². The maximum Gasteiger partial charge on any atom is 0.229 e. The van der Waals surface area contributed by atoms with Crippen LogP contribution in [0.5, 0.6) is 5.75 Å². The summed E-state index contributed by atoms with van der Waals surface area (Å²) in [6.07, 6.45) is 0. The highest BCUT2D eigenvalue weighted by Gasteiger charge is 2.29. The minimum absolute atomic E-state index is 0.00478. The Morgan fingerprint density at radius 2 is 2.35 bits per heavy atom. The second-order valence-electron chi connectivity index (χ2n) is 5.02. The highest BCUT2D eigenvalue weighted by Crippen LogP contribution is 2.32. The molecule has 20 heavy (non-hydrogen) atoms. The molecule has 106 valence electrons. The Balaban J connectivity index is 1.78. The van der Waals surface area contributed by atoms with Crippen molar-refractivity contribution < 1.29 is 9.53 Å². The van der Waals surface area contributed by atoms with Gasteiger partial charge in [0, 0.05) is 5.92 Å². The van der Waals surface area contributed by atoms with Crippen LogP contribution in [0.25, 0.3) is 10.2 Å². The van der Waals surface area contributed by atoms with Gasteiger partial charge in [-0.25, -0.2) is 4.98 Å². The molecule has 1 aromatic carbocycles. The van der Waals surface area contributed by atoms with Crippen molar-refractivity contribution in [3.63, 3.8) is 0 Å². The van der Waals surface area contributed by atoms with Crippen LogP contribution in [0, 0.1) is 11.8 Å². The smallest absolute Gasteiger partial charge is 0.229 e. The van der Waals surface area contributed by atoms with Gasteiger partial charge in [-0.15, -0.1) is 0 Å². The average Bonchev–Trinajstić information content (AvgIpc) is 2.78. The van der Waals surface area contributed by atoms with E-state index < -0.39 is 0 Å². The number of nitrogens with one attached hydrogen (secondary N) is 2. The molecule has 0 saturated carbocycles. The number of fused-ring (bicyclic) bond motifs is 1. The fraction of sp³-hybridized carbons (Fsp3) is 0.429. The summed E-state index contributed by atoms with van der Waals surface area (Å²) >= 11 is 1.47. The van der Waals surface area contributed by atoms with Crippen LogP contribution in [-0.2, 0) is 4.79 Å². The number of para-hydroxylation sites is 1. The second kappa shape index (κ2) is 5.38. The number of aromatic nitrogens is 1. The molecule has 1 aliphatic heterocycles. The van der Waals surface area contributed by atoms with Crippen LogP contribution in [0.2, 0.25) is 0 Å². The highest BCUT2D eigenvalue weighted by molar-refractivity contribution is 7.22. The van der Waals surface area contributed by atoms with Gasteiger partial charge in [0.1, 0.15) is 11.3 Å². The lowest BCUT2D eigenvalue weighted by atomic mass is 9.88. The Morgan fingerprint density at radius 1 is 1.55 bits per heavy atom. The third-order valence-corrected chi connectivity index (χ3v) is 4.70. The first-order chi connectivity index (χ1) is 9.69. The number of methoxy groups -OCH3 is 1. The van der Waals surface area contributed by atoms with E-state index in [-0.39, 0.29) is 11.8 Å². The van der Waals surface area contributed by atoms with Crippen molar-refractivity contribution in [2.75, 3.05) is 25.5 Å². The summed E-state index contributed by atoms with van der Waals surface area (Å²) in [4.78, 5) is 16.6. The molecule has 1 fully saturated rings. The van der Waals surface area contributed by atoms with Gasteiger partial charge in [-0.2, -0.15) is 0 Å². The molecular weight excluding hydrogens is 274 g/mol. The van der Waals surface area contributed by atoms with Gasteiger partial charge in [0.15, 0.2) is 5.13 Å². The molecule has 1 aliphatic rings. The molecule has 2 N–H and O–H groups in total. The quantitative estimate of drug-likeness (QED) is 0.905. The summed E-state index contributed by atoms with van der Waals surface area (Å²) in [6.45, 7) is 3.80. The van der Waals surface area contributed by atoms with Crippen molar-refractivity contribution >= 4 is 32.6 Å². The van der Waals surface area contributed by atoms with E-state index in [0.29, 0.717) is 11.0 Å². The summed E-state index contributed by atoms with van der Waals surface area (Å²) in [5.41, 5.74) is 0.799. The van der Waals surface area contributed by atoms with E-state index in [4.69, 9.17) is 4.74 Å². The van der Waals surface area contributed by atoms with Gasteiger partial charge in [0.05, 0.1) is 11.8 Å². The Bertz CT molecular complexity index is 636. The molecule has 5 nitrogen and oxygen atoms in total. The summed E-state index contributed by atoms with van der Waals surface area (Å²) < 4.78 is 6.29. The number of thiazole rings is 1. The maximum absolute atomic E-state index is 12.2. The number of hydrogen-bond acceptors (Lipinski definition) is 5. The molecule has 1 unspecified atom stereocenters. The number of carbonyl (C=O) groups is 1. The molecule has 1 atom stereocenters. The van der Waals surface area contributed by atoms with E-state index in [9.17, 15) is 4.79 Å². The lowest BCUT2D eigenvalue weighted by molar-refractivity contribution is -0.121. The van der Waals surface area contributed by atoms with Crippen LogP contribution in [0.4, 0.5) is 5.13 Å². The first-order valence-electron chi connectivity index (χ1n) is 6.64. The molecule has 1 amide bonds. The van der Waals surface area contributed by atoms with E-state index in [0.717, 1.165) is 29.1 Å². The van der Waals surface area contributed by atoms with Gasteiger partial charge >= 0.3 is 0 Å². The van der Waals surface area contributed by atoms with Gasteiger partial charge in [0.2, 0.25) is 5.91 Å². The molecule has 0 bridgehead atoms. The van der Waals surface area contributed by atoms with E-state index in [1.165, 1.54) is 11.3 Å². The Kier molecular flexibility index (Phi) is 3.58. The van der Waals surface area contributed by atoms with Gasteiger partial charge in [-0.1, -0.05) is 24.3 Å². The summed E-state index contributed by atoms with van der Waals surface area (Å²) in [5, 5.41) is 6.74. The molecule has 3 rings (SSSR count). The van der Waals surface area contributed by atoms with Crippen molar-refractivity contribution in [2.45, 2.75) is 6.92 Å². The first-order valence-corrected chi connectivity index (χ1v) is 7.46. The van der Waals surface area contributed by atoms with Crippen LogP contribution in [0.1, 0.15) is 6.92 Å². The van der Waals surface area contributed by atoms with Crippen molar-refractivity contribution in [1.82, 2.24) is 10.3 Å². The molecule has 0 spiro atoms. The standard InChI is InChI=1S/C14H17N3O2S/c1-8(9-6-15-7-9)13(18)17-14-16-12-10(19-2)4-3-5-11(12)20-14/h3-5,8-9,15H,6-7H2,1-2H3,(H,16,17,18). The number of rotatable bonds is 4. The van der Waals surface area contributed by atoms with Gasteiger partial charge in [-0.3, -0.25) is 4.79 Å². The lowest BCUT2D eigenvalue weighted by Gasteiger charge is -2.31. The number of ether oxygens (including phenoxy) is 1. The van der Waals surface area contributed by atoms with E-state index in [1.807, 2.05) is 25.1 Å². The zero-order chi connectivity index (χ0) is 14.1. The van der Waals surface area contributed by atoms with Gasteiger partial charge in [-0.05, 0) is 31.1 Å². The zero-order valence-electron chi connectivity index (χ0n) is 11.5. The van der Waals surface area contributed by atoms with E-state index >= 15 is 0 Å². The third-order valence-electron chi connectivity index (χ3n) is 3.77. The molecule has 0 aliphatic carbocycles. The minimum atomic E-state index is 0.00478. The van der Waals surface area contributed by atoms with Crippen LogP contribution >= 0.6 is 11.3 Å². The number of hydrogen-bond donors (Lipinski definition) is 2. The van der Waals surface area contributed by atoms with Crippen molar-refractivity contribution in [3.05, 3.63) is 18.2 Å². The first kappa shape index (κ1) is 13.3. The fourth-order valence-electron chi connectivity index (χ4n) is 2.24. The summed E-state index contributed by atoms with van der Waals surface area (Å²) in [7, 11) is 1.62. The maximum atomic E-state index is 12.2. The van der Waals surface area contributed by atoms with Crippen LogP contribution in [0.3, 0.4) is 0 Å². The molecular formula is C14H17N3O2S. The molecule has 2 heterocycles. The van der Waals surface area contributed by atoms with Gasteiger partial charge < -0.3 is 15.4 Å². The molecule has 0 radical (unpaired) electrons. The molecule has 2 aromatic rings. The van der Waals surface area contributed by atoms with Crippen molar-refractivity contribution in [1.29, 1.82) is 0 Å². The fourth-order valence-corrected chi connectivity index (χ4v) is 3.13. The van der Waals surface area contributed by atoms with Gasteiger partial charge in [0.25, 0.3) is 0 Å². The zero-order valence-corrected chi connectivity index (χ0v) is 12.3. The highest BCUT2D eigenvalue weighted by atomic mass is 32.1. The second-order valence-corrected chi connectivity index (χ2v) is 6.05. The van der Waals surface area contributed by atoms with Crippen LogP contribution in [0.15, 0.2) is 18.2 Å². The number of carbonyl (C=O) groups excluding carboxylic acids is 1. The van der Waals surface area contributed by atoms with Crippen LogP contribution < -0.4 is 15.4 Å². The molecule has 6 heteroatoms. The minimum Gasteiger partial charge on any atom is -0.494 e. The summed E-state index contributed by atoms with van der Waals surface area (Å²) in [6, 6.07) is 5.77. The SMILES string of the molecule is COc1cccc2sc(NC(=O)C(C)C3CNC3)nc12. The Hall–Kier alpha value is -1.66. The normalized spacial score (nSPS) is 16.7. The Morgan fingerprint density at radius 3 is 3.00 bits per heavy atom.